The Morgan fingerprint density at radius 1 is 1.21 bits per heavy atom. The molecule has 0 bridgehead atoms. The van der Waals surface area contributed by atoms with Crippen molar-refractivity contribution < 1.29 is 14.7 Å². The van der Waals surface area contributed by atoms with Crippen molar-refractivity contribution in [1.29, 1.82) is 0 Å². The summed E-state index contributed by atoms with van der Waals surface area (Å²) >= 11 is 0. The number of rotatable bonds is 3. The fourth-order valence-electron chi connectivity index (χ4n) is 1.92. The Kier molecular flexibility index (Phi) is 3.48. The number of aliphatic carboxylic acids is 1. The summed E-state index contributed by atoms with van der Waals surface area (Å²) in [6.45, 7) is 0. The van der Waals surface area contributed by atoms with Crippen LogP contribution in [-0.2, 0) is 4.79 Å². The second-order valence-corrected chi connectivity index (χ2v) is 4.31. The fraction of sp³-hybridized carbons (Fsp3) is 0.143. The van der Waals surface area contributed by atoms with E-state index in [4.69, 9.17) is 10.8 Å². The molecule has 2 atom stereocenters. The third kappa shape index (κ3) is 2.71. The number of carboxylic acids is 1. The molecule has 98 valence electrons. The predicted molar refractivity (Wildman–Crippen MR) is 70.2 cm³/mol. The van der Waals surface area contributed by atoms with Crippen LogP contribution in [0.3, 0.4) is 0 Å². The molecule has 19 heavy (non-hydrogen) atoms. The molecule has 1 aromatic carbocycles. The molecule has 5 heteroatoms. The first-order valence-corrected chi connectivity index (χ1v) is 5.78. The molecule has 0 aliphatic heterocycles. The van der Waals surface area contributed by atoms with E-state index < -0.39 is 23.5 Å². The molecular formula is C14H14N2O3. The number of carbonyl (C=O) groups is 2. The van der Waals surface area contributed by atoms with E-state index in [0.717, 1.165) is 0 Å². The normalized spacial score (nSPS) is 25.0. The van der Waals surface area contributed by atoms with Crippen LogP contribution in [0.15, 0.2) is 54.6 Å². The van der Waals surface area contributed by atoms with E-state index in [0.29, 0.717) is 5.56 Å². The second kappa shape index (κ2) is 5.07. The summed E-state index contributed by atoms with van der Waals surface area (Å²) in [6, 6.07) is 8.51. The highest BCUT2D eigenvalue weighted by atomic mass is 16.4. The van der Waals surface area contributed by atoms with Gasteiger partial charge in [-0.2, -0.15) is 0 Å². The second-order valence-electron chi connectivity index (χ2n) is 4.31. The zero-order valence-corrected chi connectivity index (χ0v) is 10.1. The zero-order valence-electron chi connectivity index (χ0n) is 10.1. The van der Waals surface area contributed by atoms with Crippen molar-refractivity contribution in [3.8, 4) is 0 Å². The monoisotopic (exact) mass is 258 g/mol. The Labute approximate surface area is 110 Å². The average molecular weight is 258 g/mol. The smallest absolute Gasteiger partial charge is 0.314 e. The molecular weight excluding hydrogens is 244 g/mol. The van der Waals surface area contributed by atoms with Gasteiger partial charge in [-0.15, -0.1) is 0 Å². The van der Waals surface area contributed by atoms with Crippen LogP contribution in [0.25, 0.3) is 0 Å². The van der Waals surface area contributed by atoms with Crippen molar-refractivity contribution in [2.75, 3.05) is 0 Å². The predicted octanol–water partition coefficient (Wildman–Crippen LogP) is 0.898. The van der Waals surface area contributed by atoms with Gasteiger partial charge in [0.15, 0.2) is 0 Å². The lowest BCUT2D eigenvalue weighted by molar-refractivity contribution is -0.141. The third-order valence-corrected chi connectivity index (χ3v) is 2.93. The molecule has 1 amide bonds. The van der Waals surface area contributed by atoms with Gasteiger partial charge in [0.2, 0.25) is 0 Å². The number of hydrogen-bond acceptors (Lipinski definition) is 3. The highest BCUT2D eigenvalue weighted by Crippen LogP contribution is 2.20. The minimum atomic E-state index is -1.42. The first-order chi connectivity index (χ1) is 9.03. The molecule has 0 aromatic heterocycles. The van der Waals surface area contributed by atoms with Crippen LogP contribution in [0.1, 0.15) is 10.4 Å². The van der Waals surface area contributed by atoms with E-state index in [1.807, 2.05) is 0 Å². The van der Waals surface area contributed by atoms with Gasteiger partial charge in [0.1, 0.15) is 11.6 Å². The zero-order chi connectivity index (χ0) is 13.9. The van der Waals surface area contributed by atoms with Gasteiger partial charge >= 0.3 is 5.97 Å². The lowest BCUT2D eigenvalue weighted by atomic mass is 9.88. The van der Waals surface area contributed by atoms with Gasteiger partial charge in [0, 0.05) is 5.56 Å². The van der Waals surface area contributed by atoms with Crippen LogP contribution in [0.5, 0.6) is 0 Å². The molecule has 2 unspecified atom stereocenters. The minimum Gasteiger partial charge on any atom is -0.481 e. The maximum Gasteiger partial charge on any atom is 0.314 e. The van der Waals surface area contributed by atoms with Gasteiger partial charge < -0.3 is 16.2 Å². The highest BCUT2D eigenvalue weighted by molar-refractivity contribution is 5.95. The van der Waals surface area contributed by atoms with Gasteiger partial charge in [-0.1, -0.05) is 36.4 Å². The van der Waals surface area contributed by atoms with Gasteiger partial charge in [-0.3, -0.25) is 9.59 Å². The van der Waals surface area contributed by atoms with Gasteiger partial charge in [0.25, 0.3) is 5.91 Å². The number of amides is 1. The standard InChI is InChI=1S/C14H14N2O3/c15-14(9-5-4-8-11(14)13(18)19)16-12(17)10-6-2-1-3-7-10/h1-9,11H,15H2,(H,16,17)(H,18,19). The molecule has 0 spiro atoms. The Morgan fingerprint density at radius 2 is 1.89 bits per heavy atom. The number of nitrogens with two attached hydrogens (primary N) is 1. The molecule has 1 aromatic rings. The fourth-order valence-corrected chi connectivity index (χ4v) is 1.92. The van der Waals surface area contributed by atoms with Crippen LogP contribution in [-0.4, -0.2) is 22.6 Å². The van der Waals surface area contributed by atoms with Crippen molar-refractivity contribution >= 4 is 11.9 Å². The SMILES string of the molecule is NC1(NC(=O)c2ccccc2)C=CC=CC1C(=O)O. The first kappa shape index (κ1) is 13.0. The van der Waals surface area contributed by atoms with Crippen molar-refractivity contribution in [3.63, 3.8) is 0 Å². The maximum absolute atomic E-state index is 12.0. The van der Waals surface area contributed by atoms with E-state index in [-0.39, 0.29) is 0 Å². The number of allylic oxidation sites excluding steroid dienone is 2. The quantitative estimate of drug-likeness (QED) is 0.702. The molecule has 0 saturated carbocycles. The van der Waals surface area contributed by atoms with Crippen molar-refractivity contribution in [2.24, 2.45) is 11.7 Å². The molecule has 4 N–H and O–H groups in total. The van der Waals surface area contributed by atoms with Gasteiger partial charge in [0.05, 0.1) is 0 Å². The number of hydrogen-bond donors (Lipinski definition) is 3. The lowest BCUT2D eigenvalue weighted by Gasteiger charge is -2.33. The molecule has 1 aliphatic rings. The van der Waals surface area contributed by atoms with Crippen LogP contribution >= 0.6 is 0 Å². The maximum atomic E-state index is 12.0. The van der Waals surface area contributed by atoms with Crippen LogP contribution in [0, 0.1) is 5.92 Å². The Bertz CT molecular complexity index is 551. The number of carbonyl (C=O) groups excluding carboxylic acids is 1. The summed E-state index contributed by atoms with van der Waals surface area (Å²) in [7, 11) is 0. The molecule has 5 nitrogen and oxygen atoms in total. The van der Waals surface area contributed by atoms with Crippen LogP contribution < -0.4 is 11.1 Å². The number of benzene rings is 1. The summed E-state index contributed by atoms with van der Waals surface area (Å²) < 4.78 is 0. The van der Waals surface area contributed by atoms with E-state index >= 15 is 0 Å². The summed E-state index contributed by atoms with van der Waals surface area (Å²) in [5.41, 5.74) is 5.00. The Balaban J connectivity index is 2.21. The third-order valence-electron chi connectivity index (χ3n) is 2.93. The minimum absolute atomic E-state index is 0.408. The Hall–Kier alpha value is -2.40. The van der Waals surface area contributed by atoms with Gasteiger partial charge in [-0.25, -0.2) is 0 Å². The summed E-state index contributed by atoms with van der Waals surface area (Å²) in [5, 5.41) is 11.7. The van der Waals surface area contributed by atoms with Crippen molar-refractivity contribution in [1.82, 2.24) is 5.32 Å². The highest BCUT2D eigenvalue weighted by Gasteiger charge is 2.38. The Morgan fingerprint density at radius 3 is 2.53 bits per heavy atom. The summed E-state index contributed by atoms with van der Waals surface area (Å²) in [6.07, 6.45) is 6.14. The molecule has 1 aliphatic carbocycles. The van der Waals surface area contributed by atoms with Crippen molar-refractivity contribution in [2.45, 2.75) is 5.66 Å². The van der Waals surface area contributed by atoms with E-state index in [1.165, 1.54) is 12.2 Å². The molecule has 0 heterocycles. The van der Waals surface area contributed by atoms with E-state index in [2.05, 4.69) is 5.32 Å². The topological polar surface area (TPSA) is 92.4 Å². The molecule has 0 radical (unpaired) electrons. The summed E-state index contributed by atoms with van der Waals surface area (Å²) in [5.74, 6) is -2.49. The largest absolute Gasteiger partial charge is 0.481 e. The van der Waals surface area contributed by atoms with Crippen molar-refractivity contribution in [3.05, 3.63) is 60.2 Å². The number of nitrogens with one attached hydrogen (secondary N) is 1. The van der Waals surface area contributed by atoms with Crippen LogP contribution in [0.2, 0.25) is 0 Å². The molecule has 0 saturated heterocycles. The number of carboxylic acid groups (broad SMARTS) is 1. The summed E-state index contributed by atoms with van der Waals surface area (Å²) in [4.78, 5) is 23.2. The average Bonchev–Trinajstić information content (AvgIpc) is 2.39. The van der Waals surface area contributed by atoms with Crippen LogP contribution in [0.4, 0.5) is 0 Å². The first-order valence-electron chi connectivity index (χ1n) is 5.78. The molecule has 2 rings (SSSR count). The van der Waals surface area contributed by atoms with E-state index in [1.54, 1.807) is 42.5 Å². The lowest BCUT2D eigenvalue weighted by Crippen LogP contribution is -2.61. The van der Waals surface area contributed by atoms with E-state index in [9.17, 15) is 9.59 Å². The molecule has 0 fully saturated rings. The van der Waals surface area contributed by atoms with Gasteiger partial charge in [-0.05, 0) is 18.2 Å².